The van der Waals surface area contributed by atoms with E-state index in [1.54, 1.807) is 11.8 Å². The van der Waals surface area contributed by atoms with Crippen molar-refractivity contribution in [2.24, 2.45) is 5.73 Å². The van der Waals surface area contributed by atoms with Crippen molar-refractivity contribution < 1.29 is 5.11 Å². The van der Waals surface area contributed by atoms with E-state index in [-0.39, 0.29) is 12.4 Å². The van der Waals surface area contributed by atoms with Gasteiger partial charge in [-0.1, -0.05) is 13.0 Å². The van der Waals surface area contributed by atoms with Crippen LogP contribution in [0.5, 0.6) is 0 Å². The minimum atomic E-state index is 0.0707. The molecular formula is C12H19N3OS. The normalized spacial score (nSPS) is 10.3. The Kier molecular flexibility index (Phi) is 5.31. The second-order valence-corrected chi connectivity index (χ2v) is 4.95. The number of benzene rings is 1. The van der Waals surface area contributed by atoms with Gasteiger partial charge in [0.2, 0.25) is 0 Å². The molecule has 0 saturated carbocycles. The smallest absolute Gasteiger partial charge is 0.126 e. The Morgan fingerprint density at radius 3 is 2.76 bits per heavy atom. The largest absolute Gasteiger partial charge is 0.395 e. The first-order chi connectivity index (χ1) is 8.11. The Morgan fingerprint density at radius 2 is 2.24 bits per heavy atom. The van der Waals surface area contributed by atoms with Crippen molar-refractivity contribution in [2.75, 3.05) is 30.9 Å². The van der Waals surface area contributed by atoms with Crippen molar-refractivity contribution in [3.63, 3.8) is 0 Å². The summed E-state index contributed by atoms with van der Waals surface area (Å²) in [5.74, 6) is 1.01. The van der Waals surface area contributed by atoms with E-state index in [1.165, 1.54) is 0 Å². The number of aliphatic hydroxyl groups is 1. The third kappa shape index (κ3) is 3.38. The number of nitrogens with one attached hydrogen (secondary N) is 1. The lowest BCUT2D eigenvalue weighted by Gasteiger charge is -2.22. The van der Waals surface area contributed by atoms with E-state index in [0.29, 0.717) is 6.54 Å². The Bertz CT molecular complexity index is 395. The van der Waals surface area contributed by atoms with Crippen LogP contribution in [0.2, 0.25) is 0 Å². The van der Waals surface area contributed by atoms with Crippen molar-refractivity contribution in [3.05, 3.63) is 23.8 Å². The molecule has 5 heteroatoms. The molecule has 0 aliphatic carbocycles. The summed E-state index contributed by atoms with van der Waals surface area (Å²) in [5, 5.41) is 16.7. The number of nitrogen functional groups attached to an aromatic ring is 1. The summed E-state index contributed by atoms with van der Waals surface area (Å²) in [6.07, 6.45) is 0. The maximum Gasteiger partial charge on any atom is 0.126 e. The predicted octanol–water partition coefficient (Wildman–Crippen LogP) is 1.51. The van der Waals surface area contributed by atoms with Crippen LogP contribution in [0.25, 0.3) is 0 Å². The van der Waals surface area contributed by atoms with Gasteiger partial charge in [0.25, 0.3) is 0 Å². The number of amidine groups is 1. The number of hydrogen-bond donors (Lipinski definition) is 3. The Balaban J connectivity index is 3.19. The summed E-state index contributed by atoms with van der Waals surface area (Å²) in [6, 6.07) is 5.85. The number of rotatable bonds is 6. The van der Waals surface area contributed by atoms with Crippen molar-refractivity contribution in [1.82, 2.24) is 0 Å². The van der Waals surface area contributed by atoms with Gasteiger partial charge < -0.3 is 15.7 Å². The Morgan fingerprint density at radius 1 is 1.53 bits per heavy atom. The average molecular weight is 253 g/mol. The van der Waals surface area contributed by atoms with E-state index in [0.717, 1.165) is 21.9 Å². The van der Waals surface area contributed by atoms with Crippen molar-refractivity contribution in [3.8, 4) is 0 Å². The zero-order chi connectivity index (χ0) is 12.8. The molecule has 0 saturated heterocycles. The third-order valence-electron chi connectivity index (χ3n) is 2.42. The second-order valence-electron chi connectivity index (χ2n) is 3.64. The molecule has 0 amide bonds. The zero-order valence-electron chi connectivity index (χ0n) is 10.2. The van der Waals surface area contributed by atoms with Crippen molar-refractivity contribution in [1.29, 1.82) is 5.41 Å². The molecule has 17 heavy (non-hydrogen) atoms. The number of aliphatic hydroxyl groups excluding tert-OH is 1. The molecule has 0 aliphatic heterocycles. The van der Waals surface area contributed by atoms with E-state index in [9.17, 15) is 0 Å². The summed E-state index contributed by atoms with van der Waals surface area (Å²) < 4.78 is 0. The van der Waals surface area contributed by atoms with Gasteiger partial charge in [-0.15, -0.1) is 11.8 Å². The van der Waals surface area contributed by atoms with E-state index >= 15 is 0 Å². The van der Waals surface area contributed by atoms with Gasteiger partial charge >= 0.3 is 0 Å². The van der Waals surface area contributed by atoms with Gasteiger partial charge in [-0.2, -0.15) is 0 Å². The lowest BCUT2D eigenvalue weighted by Crippen LogP contribution is -2.25. The first-order valence-electron chi connectivity index (χ1n) is 5.54. The Hall–Kier alpha value is -1.20. The molecule has 0 bridgehead atoms. The molecule has 0 heterocycles. The van der Waals surface area contributed by atoms with E-state index < -0.39 is 0 Å². The summed E-state index contributed by atoms with van der Waals surface area (Å²) in [7, 11) is 1.89. The molecule has 0 spiro atoms. The third-order valence-corrected chi connectivity index (χ3v) is 3.36. The van der Waals surface area contributed by atoms with Gasteiger partial charge in [0.1, 0.15) is 5.84 Å². The molecule has 0 aliphatic rings. The number of nitrogens with two attached hydrogens (primary N) is 1. The Labute approximate surface area is 106 Å². The zero-order valence-corrected chi connectivity index (χ0v) is 11.0. The molecular weight excluding hydrogens is 234 g/mol. The van der Waals surface area contributed by atoms with Crippen LogP contribution in [0, 0.1) is 5.41 Å². The monoisotopic (exact) mass is 253 g/mol. The van der Waals surface area contributed by atoms with E-state index in [4.69, 9.17) is 16.2 Å². The minimum absolute atomic E-state index is 0.0707. The van der Waals surface area contributed by atoms with Gasteiger partial charge in [-0.05, 0) is 17.9 Å². The summed E-state index contributed by atoms with van der Waals surface area (Å²) in [4.78, 5) is 2.93. The van der Waals surface area contributed by atoms with Gasteiger partial charge in [-0.3, -0.25) is 5.41 Å². The fourth-order valence-electron chi connectivity index (χ4n) is 1.65. The van der Waals surface area contributed by atoms with Gasteiger partial charge in [0, 0.05) is 24.2 Å². The van der Waals surface area contributed by atoms with Crippen LogP contribution in [0.15, 0.2) is 23.1 Å². The molecule has 4 N–H and O–H groups in total. The standard InChI is InChI=1S/C12H19N3OS/c1-3-17-10-6-4-5-9(11(10)12(13)14)15(2)7-8-16/h4-6,16H,3,7-8H2,1-2H3,(H3,13,14). The highest BCUT2D eigenvalue weighted by Gasteiger charge is 2.13. The predicted molar refractivity (Wildman–Crippen MR) is 74.2 cm³/mol. The van der Waals surface area contributed by atoms with E-state index in [2.05, 4.69) is 6.92 Å². The van der Waals surface area contributed by atoms with Crippen LogP contribution in [-0.2, 0) is 0 Å². The van der Waals surface area contributed by atoms with Crippen molar-refractivity contribution >= 4 is 23.3 Å². The first-order valence-corrected chi connectivity index (χ1v) is 6.52. The van der Waals surface area contributed by atoms with Crippen LogP contribution < -0.4 is 10.6 Å². The number of hydrogen-bond acceptors (Lipinski definition) is 4. The molecule has 94 valence electrons. The van der Waals surface area contributed by atoms with Crippen LogP contribution in [0.3, 0.4) is 0 Å². The average Bonchev–Trinajstić information content (AvgIpc) is 2.29. The molecule has 0 radical (unpaired) electrons. The maximum absolute atomic E-state index is 8.97. The number of thioether (sulfide) groups is 1. The molecule has 0 atom stereocenters. The maximum atomic E-state index is 8.97. The molecule has 1 rings (SSSR count). The summed E-state index contributed by atoms with van der Waals surface area (Å²) in [6.45, 7) is 2.68. The summed E-state index contributed by atoms with van der Waals surface area (Å²) >= 11 is 1.67. The molecule has 0 fully saturated rings. The molecule has 1 aromatic rings. The SMILES string of the molecule is CCSc1cccc(N(C)CCO)c1C(=N)N. The first kappa shape index (κ1) is 13.9. The van der Waals surface area contributed by atoms with Crippen LogP contribution in [0.4, 0.5) is 5.69 Å². The van der Waals surface area contributed by atoms with Crippen LogP contribution in [-0.4, -0.2) is 36.9 Å². The van der Waals surface area contributed by atoms with Gasteiger partial charge in [0.15, 0.2) is 0 Å². The highest BCUT2D eigenvalue weighted by Crippen LogP contribution is 2.29. The van der Waals surface area contributed by atoms with Gasteiger partial charge in [0.05, 0.1) is 12.2 Å². The molecule has 1 aromatic carbocycles. The molecule has 4 nitrogen and oxygen atoms in total. The topological polar surface area (TPSA) is 73.3 Å². The molecule has 0 aromatic heterocycles. The highest BCUT2D eigenvalue weighted by molar-refractivity contribution is 7.99. The van der Waals surface area contributed by atoms with Crippen LogP contribution in [0.1, 0.15) is 12.5 Å². The lowest BCUT2D eigenvalue weighted by molar-refractivity contribution is 0.304. The number of anilines is 1. The number of likely N-dealkylation sites (N-methyl/N-ethyl adjacent to an activating group) is 1. The summed E-state index contributed by atoms with van der Waals surface area (Å²) in [5.41, 5.74) is 7.31. The molecule has 0 unspecified atom stereocenters. The highest BCUT2D eigenvalue weighted by atomic mass is 32.2. The fourth-order valence-corrected chi connectivity index (χ4v) is 2.50. The second kappa shape index (κ2) is 6.51. The minimum Gasteiger partial charge on any atom is -0.395 e. The fraction of sp³-hybridized carbons (Fsp3) is 0.417. The van der Waals surface area contributed by atoms with Gasteiger partial charge in [-0.25, -0.2) is 0 Å². The quantitative estimate of drug-likeness (QED) is 0.408. The number of nitrogens with zero attached hydrogens (tertiary/aromatic N) is 1. The lowest BCUT2D eigenvalue weighted by atomic mass is 10.1. The van der Waals surface area contributed by atoms with E-state index in [1.807, 2.05) is 30.1 Å². The van der Waals surface area contributed by atoms with Crippen molar-refractivity contribution in [2.45, 2.75) is 11.8 Å². The van der Waals surface area contributed by atoms with Crippen LogP contribution >= 0.6 is 11.8 Å².